The van der Waals surface area contributed by atoms with Crippen molar-refractivity contribution in [3.63, 3.8) is 0 Å². The Bertz CT molecular complexity index is 546. The fourth-order valence-electron chi connectivity index (χ4n) is 1.95. The Balaban J connectivity index is 2.40. The fourth-order valence-corrected chi connectivity index (χ4v) is 1.95. The van der Waals surface area contributed by atoms with Gasteiger partial charge in [0.25, 0.3) is 0 Å². The van der Waals surface area contributed by atoms with E-state index in [1.165, 1.54) is 14.7 Å². The van der Waals surface area contributed by atoms with Gasteiger partial charge >= 0.3 is 6.18 Å². The maximum atomic E-state index is 12.9. The summed E-state index contributed by atoms with van der Waals surface area (Å²) in [4.78, 5) is 23.8. The number of carbonyl (C=O) groups excluding carboxylic acids is 1. The standard InChI is InChI=1S/C12H16F3N5O/c1-4-19-7-20(6-10(19)21)11-16-8(12(13,14)15)5-9(17-11)18(2)3/h5H,4,6-7H2,1-3H3. The average Bonchev–Trinajstić information content (AvgIpc) is 2.78. The van der Waals surface area contributed by atoms with Gasteiger partial charge in [0, 0.05) is 26.7 Å². The molecule has 0 saturated carbocycles. The molecule has 1 aliphatic heterocycles. The summed E-state index contributed by atoms with van der Waals surface area (Å²) in [6, 6.07) is 0.888. The molecule has 0 unspecified atom stereocenters. The van der Waals surface area contributed by atoms with E-state index < -0.39 is 11.9 Å². The zero-order valence-electron chi connectivity index (χ0n) is 12.0. The van der Waals surface area contributed by atoms with Gasteiger partial charge in [-0.1, -0.05) is 0 Å². The second kappa shape index (κ2) is 5.38. The van der Waals surface area contributed by atoms with E-state index >= 15 is 0 Å². The molecule has 1 aromatic heterocycles. The molecule has 1 aromatic rings. The minimum absolute atomic E-state index is 0.0119. The summed E-state index contributed by atoms with van der Waals surface area (Å²) in [5.41, 5.74) is -1.02. The van der Waals surface area contributed by atoms with E-state index in [1.54, 1.807) is 21.0 Å². The Labute approximate surface area is 120 Å². The van der Waals surface area contributed by atoms with Crippen molar-refractivity contribution in [2.45, 2.75) is 13.1 Å². The lowest BCUT2D eigenvalue weighted by Crippen LogP contribution is -2.28. The summed E-state index contributed by atoms with van der Waals surface area (Å²) in [6.07, 6.45) is -4.56. The number of carbonyl (C=O) groups is 1. The number of aromatic nitrogens is 2. The Kier molecular flexibility index (Phi) is 3.93. The third kappa shape index (κ3) is 3.17. The molecule has 0 bridgehead atoms. The number of nitrogens with zero attached hydrogens (tertiary/aromatic N) is 5. The molecule has 2 heterocycles. The molecule has 0 aliphatic carbocycles. The summed E-state index contributed by atoms with van der Waals surface area (Å²) in [6.45, 7) is 2.49. The SMILES string of the molecule is CCN1CN(c2nc(N(C)C)cc(C(F)(F)F)n2)CC1=O. The molecule has 0 N–H and O–H groups in total. The Morgan fingerprint density at radius 1 is 1.33 bits per heavy atom. The van der Waals surface area contributed by atoms with E-state index in [1.807, 2.05) is 0 Å². The van der Waals surface area contributed by atoms with Gasteiger partial charge in [0.05, 0.1) is 6.67 Å². The van der Waals surface area contributed by atoms with Crippen molar-refractivity contribution in [2.24, 2.45) is 0 Å². The number of likely N-dealkylation sites (N-methyl/N-ethyl adjacent to an activating group) is 1. The summed E-state index contributed by atoms with van der Waals surface area (Å²) in [5, 5.41) is 0. The molecule has 1 fully saturated rings. The van der Waals surface area contributed by atoms with Gasteiger partial charge in [-0.05, 0) is 6.92 Å². The molecule has 0 atom stereocenters. The van der Waals surface area contributed by atoms with Crippen LogP contribution in [0.4, 0.5) is 24.9 Å². The second-order valence-electron chi connectivity index (χ2n) is 4.89. The van der Waals surface area contributed by atoms with Gasteiger partial charge in [-0.2, -0.15) is 18.2 Å². The van der Waals surface area contributed by atoms with Gasteiger partial charge in [-0.25, -0.2) is 4.98 Å². The molecular formula is C12H16F3N5O. The summed E-state index contributed by atoms with van der Waals surface area (Å²) in [5.74, 6) is -0.0857. The predicted molar refractivity (Wildman–Crippen MR) is 71.0 cm³/mol. The van der Waals surface area contributed by atoms with E-state index in [0.29, 0.717) is 6.54 Å². The highest BCUT2D eigenvalue weighted by atomic mass is 19.4. The molecule has 1 aliphatic rings. The van der Waals surface area contributed by atoms with Gasteiger partial charge in [0.15, 0.2) is 5.69 Å². The fraction of sp³-hybridized carbons (Fsp3) is 0.583. The van der Waals surface area contributed by atoms with Crippen LogP contribution in [0.1, 0.15) is 12.6 Å². The molecule has 0 spiro atoms. The molecule has 1 amide bonds. The largest absolute Gasteiger partial charge is 0.433 e. The third-order valence-electron chi connectivity index (χ3n) is 3.13. The Hall–Kier alpha value is -2.06. The number of anilines is 2. The number of amides is 1. The minimum Gasteiger partial charge on any atom is -0.363 e. The number of halogens is 3. The van der Waals surface area contributed by atoms with Crippen molar-refractivity contribution in [1.29, 1.82) is 0 Å². The van der Waals surface area contributed by atoms with Crippen LogP contribution in [0.3, 0.4) is 0 Å². The summed E-state index contributed by atoms with van der Waals surface area (Å²) < 4.78 is 38.7. The highest BCUT2D eigenvalue weighted by molar-refractivity contribution is 5.84. The van der Waals surface area contributed by atoms with Crippen LogP contribution in [0.25, 0.3) is 0 Å². The first kappa shape index (κ1) is 15.3. The van der Waals surface area contributed by atoms with Gasteiger partial charge in [0.1, 0.15) is 12.4 Å². The zero-order valence-corrected chi connectivity index (χ0v) is 12.0. The number of alkyl halides is 3. The van der Waals surface area contributed by atoms with Crippen molar-refractivity contribution in [1.82, 2.24) is 14.9 Å². The molecule has 116 valence electrons. The van der Waals surface area contributed by atoms with Crippen LogP contribution in [-0.4, -0.2) is 54.6 Å². The van der Waals surface area contributed by atoms with Gasteiger partial charge in [-0.15, -0.1) is 0 Å². The van der Waals surface area contributed by atoms with E-state index in [4.69, 9.17) is 0 Å². The normalized spacial score (nSPS) is 15.8. The molecular weight excluding hydrogens is 287 g/mol. The quantitative estimate of drug-likeness (QED) is 0.839. The van der Waals surface area contributed by atoms with Crippen LogP contribution in [0.2, 0.25) is 0 Å². The van der Waals surface area contributed by atoms with Crippen molar-refractivity contribution >= 4 is 17.7 Å². The van der Waals surface area contributed by atoms with Crippen molar-refractivity contribution < 1.29 is 18.0 Å². The van der Waals surface area contributed by atoms with Crippen LogP contribution in [0.5, 0.6) is 0 Å². The number of rotatable bonds is 3. The van der Waals surface area contributed by atoms with E-state index in [0.717, 1.165) is 6.07 Å². The van der Waals surface area contributed by atoms with Crippen LogP contribution >= 0.6 is 0 Å². The molecule has 6 nitrogen and oxygen atoms in total. The smallest absolute Gasteiger partial charge is 0.363 e. The van der Waals surface area contributed by atoms with E-state index in [2.05, 4.69) is 9.97 Å². The maximum absolute atomic E-state index is 12.9. The molecule has 9 heteroatoms. The number of hydrogen-bond donors (Lipinski definition) is 0. The molecule has 21 heavy (non-hydrogen) atoms. The summed E-state index contributed by atoms with van der Waals surface area (Å²) in [7, 11) is 3.19. The van der Waals surface area contributed by atoms with E-state index in [-0.39, 0.29) is 30.9 Å². The number of hydrogen-bond acceptors (Lipinski definition) is 5. The van der Waals surface area contributed by atoms with Gasteiger partial charge in [-0.3, -0.25) is 4.79 Å². The molecule has 0 aromatic carbocycles. The predicted octanol–water partition coefficient (Wildman–Crippen LogP) is 1.19. The first-order chi connectivity index (χ1) is 9.72. The Morgan fingerprint density at radius 3 is 2.48 bits per heavy atom. The third-order valence-corrected chi connectivity index (χ3v) is 3.13. The van der Waals surface area contributed by atoms with E-state index in [9.17, 15) is 18.0 Å². The van der Waals surface area contributed by atoms with Crippen molar-refractivity contribution in [2.75, 3.05) is 43.7 Å². The van der Waals surface area contributed by atoms with Gasteiger partial charge in [0.2, 0.25) is 11.9 Å². The average molecular weight is 303 g/mol. The lowest BCUT2D eigenvalue weighted by Gasteiger charge is -2.20. The van der Waals surface area contributed by atoms with Crippen molar-refractivity contribution in [3.8, 4) is 0 Å². The topological polar surface area (TPSA) is 52.6 Å². The maximum Gasteiger partial charge on any atom is 0.433 e. The minimum atomic E-state index is -4.56. The monoisotopic (exact) mass is 303 g/mol. The van der Waals surface area contributed by atoms with Crippen molar-refractivity contribution in [3.05, 3.63) is 11.8 Å². The first-order valence-corrected chi connectivity index (χ1v) is 6.38. The van der Waals surface area contributed by atoms with Gasteiger partial charge < -0.3 is 14.7 Å². The van der Waals surface area contributed by atoms with Crippen LogP contribution in [0, 0.1) is 0 Å². The lowest BCUT2D eigenvalue weighted by molar-refractivity contribution is -0.141. The molecule has 1 saturated heterocycles. The molecule has 2 rings (SSSR count). The second-order valence-corrected chi connectivity index (χ2v) is 4.89. The Morgan fingerprint density at radius 2 is 2.00 bits per heavy atom. The van der Waals surface area contributed by atoms with Crippen LogP contribution < -0.4 is 9.80 Å². The first-order valence-electron chi connectivity index (χ1n) is 6.38. The lowest BCUT2D eigenvalue weighted by atomic mass is 10.3. The van der Waals surface area contributed by atoms with Crippen LogP contribution in [-0.2, 0) is 11.0 Å². The highest BCUT2D eigenvalue weighted by Gasteiger charge is 2.36. The van der Waals surface area contributed by atoms with Crippen LogP contribution in [0.15, 0.2) is 6.07 Å². The summed E-state index contributed by atoms with van der Waals surface area (Å²) >= 11 is 0. The highest BCUT2D eigenvalue weighted by Crippen LogP contribution is 2.31. The zero-order chi connectivity index (χ0) is 15.8. The molecule has 0 radical (unpaired) electrons.